The van der Waals surface area contributed by atoms with Crippen molar-refractivity contribution < 1.29 is 19.1 Å². The van der Waals surface area contributed by atoms with E-state index in [1.807, 2.05) is 13.0 Å². The van der Waals surface area contributed by atoms with Gasteiger partial charge in [0.25, 0.3) is 0 Å². The molecule has 5 nitrogen and oxygen atoms in total. The molecule has 0 bridgehead atoms. The summed E-state index contributed by atoms with van der Waals surface area (Å²) in [6.07, 6.45) is 0. The van der Waals surface area contributed by atoms with E-state index in [4.69, 9.17) is 9.47 Å². The predicted octanol–water partition coefficient (Wildman–Crippen LogP) is 3.17. The molecule has 0 aliphatic carbocycles. The van der Waals surface area contributed by atoms with E-state index in [0.29, 0.717) is 28.3 Å². The SMILES string of the molecule is CCOC(=O)C1=C(C)NC(C)=C2C(=O)Oc3ccc(Br)cc3C12. The fourth-order valence-electron chi connectivity index (χ4n) is 3.05. The molecule has 2 aliphatic heterocycles. The van der Waals surface area contributed by atoms with Crippen molar-refractivity contribution in [3.05, 3.63) is 50.8 Å². The van der Waals surface area contributed by atoms with Crippen LogP contribution >= 0.6 is 15.9 Å². The van der Waals surface area contributed by atoms with Gasteiger partial charge >= 0.3 is 11.9 Å². The molecule has 0 amide bonds. The van der Waals surface area contributed by atoms with Crippen LogP contribution in [0.3, 0.4) is 0 Å². The molecular formula is C17H16BrNO4. The Bertz CT molecular complexity index is 779. The third kappa shape index (κ3) is 2.57. The second kappa shape index (κ2) is 5.85. The molecule has 2 heterocycles. The zero-order chi connectivity index (χ0) is 16.7. The molecule has 120 valence electrons. The highest BCUT2D eigenvalue weighted by Crippen LogP contribution is 2.46. The molecule has 1 unspecified atom stereocenters. The Balaban J connectivity index is 2.23. The fourth-order valence-corrected chi connectivity index (χ4v) is 3.43. The van der Waals surface area contributed by atoms with Crippen molar-refractivity contribution in [3.63, 3.8) is 0 Å². The maximum atomic E-state index is 12.5. The van der Waals surface area contributed by atoms with Crippen LogP contribution in [-0.2, 0) is 14.3 Å². The first-order chi connectivity index (χ1) is 10.9. The number of benzene rings is 1. The van der Waals surface area contributed by atoms with Crippen molar-refractivity contribution in [2.24, 2.45) is 0 Å². The summed E-state index contributed by atoms with van der Waals surface area (Å²) in [5.41, 5.74) is 3.05. The molecule has 0 aromatic heterocycles. The van der Waals surface area contributed by atoms with Gasteiger partial charge in [-0.05, 0) is 39.0 Å². The number of carbonyl (C=O) groups excluding carboxylic acids is 2. The van der Waals surface area contributed by atoms with E-state index in [2.05, 4.69) is 21.2 Å². The smallest absolute Gasteiger partial charge is 0.342 e. The maximum absolute atomic E-state index is 12.5. The van der Waals surface area contributed by atoms with Gasteiger partial charge in [-0.25, -0.2) is 9.59 Å². The van der Waals surface area contributed by atoms with Gasteiger partial charge in [-0.15, -0.1) is 0 Å². The average molecular weight is 378 g/mol. The van der Waals surface area contributed by atoms with Crippen molar-refractivity contribution in [3.8, 4) is 5.75 Å². The van der Waals surface area contributed by atoms with E-state index >= 15 is 0 Å². The minimum atomic E-state index is -0.482. The van der Waals surface area contributed by atoms with Crippen molar-refractivity contribution >= 4 is 27.9 Å². The van der Waals surface area contributed by atoms with Gasteiger partial charge in [-0.3, -0.25) is 0 Å². The second-order valence-electron chi connectivity index (χ2n) is 5.43. The summed E-state index contributed by atoms with van der Waals surface area (Å²) in [5.74, 6) is -0.877. The van der Waals surface area contributed by atoms with Crippen molar-refractivity contribution in [1.29, 1.82) is 0 Å². The summed E-state index contributed by atoms with van der Waals surface area (Å²) in [5, 5.41) is 3.09. The highest BCUT2D eigenvalue weighted by atomic mass is 79.9. The number of fused-ring (bicyclic) bond motifs is 3. The number of allylic oxidation sites excluding steroid dienone is 2. The van der Waals surface area contributed by atoms with Crippen LogP contribution in [0.25, 0.3) is 0 Å². The molecule has 0 spiro atoms. The minimum Gasteiger partial charge on any atom is -0.463 e. The number of dihydropyridines is 1. The van der Waals surface area contributed by atoms with Gasteiger partial charge in [-0.1, -0.05) is 15.9 Å². The topological polar surface area (TPSA) is 64.6 Å². The molecule has 23 heavy (non-hydrogen) atoms. The first-order valence-electron chi connectivity index (χ1n) is 7.31. The van der Waals surface area contributed by atoms with Gasteiger partial charge in [0.05, 0.1) is 23.7 Å². The van der Waals surface area contributed by atoms with Crippen molar-refractivity contribution in [2.75, 3.05) is 6.61 Å². The number of hydrogen-bond acceptors (Lipinski definition) is 5. The number of halogens is 1. The number of carbonyl (C=O) groups is 2. The molecule has 6 heteroatoms. The summed E-state index contributed by atoms with van der Waals surface area (Å²) in [7, 11) is 0. The normalized spacial score (nSPS) is 19.7. The number of rotatable bonds is 2. The summed E-state index contributed by atoms with van der Waals surface area (Å²) >= 11 is 3.44. The molecule has 3 rings (SSSR count). The zero-order valence-electron chi connectivity index (χ0n) is 13.0. The lowest BCUT2D eigenvalue weighted by molar-refractivity contribution is -0.139. The second-order valence-corrected chi connectivity index (χ2v) is 6.34. The molecule has 1 N–H and O–H groups in total. The Morgan fingerprint density at radius 1 is 1.35 bits per heavy atom. The standard InChI is InChI=1S/C17H16BrNO4/c1-4-22-16(20)13-8(2)19-9(3)14-15(13)11-7-10(18)5-6-12(11)23-17(14)21/h5-7,15,19H,4H2,1-3H3. The number of esters is 2. The van der Waals surface area contributed by atoms with E-state index in [0.717, 1.165) is 10.0 Å². The molecule has 2 aliphatic rings. The van der Waals surface area contributed by atoms with E-state index in [9.17, 15) is 9.59 Å². The summed E-state index contributed by atoms with van der Waals surface area (Å²) in [6.45, 7) is 5.64. The number of nitrogens with one attached hydrogen (secondary N) is 1. The van der Waals surface area contributed by atoms with Crippen LogP contribution in [0.5, 0.6) is 5.75 Å². The van der Waals surface area contributed by atoms with Crippen LogP contribution in [0.4, 0.5) is 0 Å². The average Bonchev–Trinajstić information content (AvgIpc) is 2.47. The molecule has 0 radical (unpaired) electrons. The van der Waals surface area contributed by atoms with Crippen LogP contribution in [0.15, 0.2) is 45.2 Å². The Kier molecular flexibility index (Phi) is 4.02. The molecule has 0 saturated carbocycles. The Labute approximate surface area is 142 Å². The Morgan fingerprint density at radius 2 is 2.09 bits per heavy atom. The number of hydrogen-bond donors (Lipinski definition) is 1. The van der Waals surface area contributed by atoms with E-state index in [-0.39, 0.29) is 6.61 Å². The van der Waals surface area contributed by atoms with Gasteiger partial charge in [-0.2, -0.15) is 0 Å². The maximum Gasteiger partial charge on any atom is 0.342 e. The monoisotopic (exact) mass is 377 g/mol. The largest absolute Gasteiger partial charge is 0.463 e. The zero-order valence-corrected chi connectivity index (χ0v) is 14.6. The molecule has 0 fully saturated rings. The third-order valence-corrected chi connectivity index (χ3v) is 4.45. The van der Waals surface area contributed by atoms with Crippen LogP contribution < -0.4 is 10.1 Å². The van der Waals surface area contributed by atoms with E-state index in [1.165, 1.54) is 0 Å². The summed E-state index contributed by atoms with van der Waals surface area (Å²) in [6, 6.07) is 5.40. The van der Waals surface area contributed by atoms with Gasteiger partial charge in [0.2, 0.25) is 0 Å². The van der Waals surface area contributed by atoms with Crippen LogP contribution in [-0.4, -0.2) is 18.5 Å². The number of ether oxygens (including phenoxy) is 2. The fraction of sp³-hybridized carbons (Fsp3) is 0.294. The Hall–Kier alpha value is -2.08. The van der Waals surface area contributed by atoms with Crippen molar-refractivity contribution in [2.45, 2.75) is 26.7 Å². The summed E-state index contributed by atoms with van der Waals surface area (Å²) in [4.78, 5) is 24.9. The Morgan fingerprint density at radius 3 is 2.78 bits per heavy atom. The lowest BCUT2D eigenvalue weighted by Crippen LogP contribution is -2.36. The first-order valence-corrected chi connectivity index (χ1v) is 8.10. The van der Waals surface area contributed by atoms with Gasteiger partial charge in [0.15, 0.2) is 0 Å². The predicted molar refractivity (Wildman–Crippen MR) is 87.7 cm³/mol. The highest BCUT2D eigenvalue weighted by molar-refractivity contribution is 9.10. The van der Waals surface area contributed by atoms with Gasteiger partial charge < -0.3 is 14.8 Å². The van der Waals surface area contributed by atoms with Gasteiger partial charge in [0, 0.05) is 21.4 Å². The van der Waals surface area contributed by atoms with Gasteiger partial charge in [0.1, 0.15) is 5.75 Å². The van der Waals surface area contributed by atoms with Crippen LogP contribution in [0.2, 0.25) is 0 Å². The first kappa shape index (κ1) is 15.8. The molecular weight excluding hydrogens is 362 g/mol. The molecule has 1 aromatic rings. The van der Waals surface area contributed by atoms with Crippen LogP contribution in [0, 0.1) is 0 Å². The third-order valence-electron chi connectivity index (χ3n) is 3.96. The minimum absolute atomic E-state index is 0.274. The lowest BCUT2D eigenvalue weighted by atomic mass is 9.79. The molecule has 1 aromatic carbocycles. The van der Waals surface area contributed by atoms with E-state index in [1.54, 1.807) is 26.0 Å². The lowest BCUT2D eigenvalue weighted by Gasteiger charge is -2.34. The molecule has 1 atom stereocenters. The quantitative estimate of drug-likeness (QED) is 0.633. The summed E-state index contributed by atoms with van der Waals surface area (Å²) < 4.78 is 11.5. The highest BCUT2D eigenvalue weighted by Gasteiger charge is 2.42. The van der Waals surface area contributed by atoms with Crippen molar-refractivity contribution in [1.82, 2.24) is 5.32 Å². The van der Waals surface area contributed by atoms with Crippen LogP contribution in [0.1, 0.15) is 32.3 Å². The van der Waals surface area contributed by atoms with E-state index < -0.39 is 17.9 Å². The molecule has 0 saturated heterocycles.